The van der Waals surface area contributed by atoms with E-state index >= 15 is 0 Å². The van der Waals surface area contributed by atoms with Crippen molar-refractivity contribution in [2.45, 2.75) is 59.7 Å². The van der Waals surface area contributed by atoms with Gasteiger partial charge < -0.3 is 0 Å². The van der Waals surface area contributed by atoms with Crippen LogP contribution in [0.5, 0.6) is 0 Å². The molecule has 0 aromatic carbocycles. The minimum absolute atomic E-state index is 0.451. The molecule has 0 spiro atoms. The topological polar surface area (TPSA) is 38.0 Å². The molecule has 0 aromatic heterocycles. The molecule has 0 unspecified atom stereocenters. The van der Waals surface area contributed by atoms with Crippen LogP contribution in [0.15, 0.2) is 0 Å². The second kappa shape index (κ2) is 5.84. The molecule has 0 aromatic rings. The van der Waals surface area contributed by atoms with Crippen molar-refractivity contribution in [3.05, 3.63) is 0 Å². The fourth-order valence-electron chi connectivity index (χ4n) is 0.991. The lowest BCUT2D eigenvalue weighted by molar-refractivity contribution is -0.498. The average Bonchev–Trinajstić information content (AvgIpc) is 1.80. The van der Waals surface area contributed by atoms with Crippen molar-refractivity contribution in [3.8, 4) is 0 Å². The third-order valence-corrected chi connectivity index (χ3v) is 1.30. The van der Waals surface area contributed by atoms with Gasteiger partial charge in [0, 0.05) is 0 Å². The summed E-state index contributed by atoms with van der Waals surface area (Å²) in [5.74, 6) is 1.03. The van der Waals surface area contributed by atoms with Crippen molar-refractivity contribution < 1.29 is 4.99 Å². The molecule has 0 atom stereocenters. The third kappa shape index (κ3) is 7.62. The van der Waals surface area contributed by atoms with Gasteiger partial charge in [0.1, 0.15) is 0 Å². The van der Waals surface area contributed by atoms with Crippen molar-refractivity contribution >= 4 is 5.96 Å². The van der Waals surface area contributed by atoms with E-state index in [-0.39, 0.29) is 0 Å². The molecular weight excluding hydrogens is 162 g/mol. The van der Waals surface area contributed by atoms with E-state index in [1.165, 1.54) is 0 Å². The van der Waals surface area contributed by atoms with E-state index in [1.807, 2.05) is 0 Å². The Morgan fingerprint density at radius 2 is 1.23 bits per heavy atom. The Morgan fingerprint density at radius 3 is 1.46 bits per heavy atom. The summed E-state index contributed by atoms with van der Waals surface area (Å²) in [7, 11) is 0. The van der Waals surface area contributed by atoms with Gasteiger partial charge in [0.25, 0.3) is 0 Å². The third-order valence-electron chi connectivity index (χ3n) is 1.30. The van der Waals surface area contributed by atoms with Crippen LogP contribution in [0, 0.1) is 0 Å². The molecule has 0 heterocycles. The second-order valence-corrected chi connectivity index (χ2v) is 4.27. The number of hydrogen-bond donors (Lipinski definition) is 3. The predicted molar refractivity (Wildman–Crippen MR) is 57.6 cm³/mol. The van der Waals surface area contributed by atoms with Crippen LogP contribution >= 0.6 is 0 Å². The first-order chi connectivity index (χ1) is 5.91. The lowest BCUT2D eigenvalue weighted by atomic mass is 10.3. The Hall–Kier alpha value is -0.730. The van der Waals surface area contributed by atoms with E-state index in [9.17, 15) is 0 Å². The first-order valence-corrected chi connectivity index (χ1v) is 5.08. The van der Waals surface area contributed by atoms with E-state index in [1.54, 1.807) is 0 Å². The largest absolute Gasteiger partial charge is 0.344 e. The minimum Gasteiger partial charge on any atom is -0.276 e. The summed E-state index contributed by atoms with van der Waals surface area (Å²) in [5, 5.41) is 6.67. The molecule has 3 nitrogen and oxygen atoms in total. The first kappa shape index (κ1) is 12.3. The van der Waals surface area contributed by atoms with Gasteiger partial charge in [-0.3, -0.25) is 15.6 Å². The van der Waals surface area contributed by atoms with Crippen LogP contribution in [0.1, 0.15) is 41.5 Å². The van der Waals surface area contributed by atoms with E-state index in [4.69, 9.17) is 0 Å². The summed E-state index contributed by atoms with van der Waals surface area (Å²) in [5.41, 5.74) is 0. The maximum absolute atomic E-state index is 3.34. The maximum atomic E-state index is 3.34. The highest BCUT2D eigenvalue weighted by atomic mass is 15.2. The van der Waals surface area contributed by atoms with Crippen LogP contribution in [0.2, 0.25) is 0 Å². The molecule has 0 amide bonds. The van der Waals surface area contributed by atoms with E-state index < -0.39 is 0 Å². The quantitative estimate of drug-likeness (QED) is 0.423. The Morgan fingerprint density at radius 1 is 0.846 bits per heavy atom. The molecule has 0 saturated heterocycles. The molecule has 78 valence electrons. The normalized spacial score (nSPS) is 10.8. The number of rotatable bonds is 3. The molecule has 0 aliphatic carbocycles. The fraction of sp³-hybridized carbons (Fsp3) is 0.900. The zero-order valence-electron chi connectivity index (χ0n) is 9.73. The van der Waals surface area contributed by atoms with Gasteiger partial charge in [-0.15, -0.1) is 0 Å². The Bertz CT molecular complexity index is 148. The van der Waals surface area contributed by atoms with Crippen molar-refractivity contribution in [3.63, 3.8) is 0 Å². The van der Waals surface area contributed by atoms with E-state index in [2.05, 4.69) is 57.2 Å². The smallest absolute Gasteiger partial charge is 0.276 e. The average molecular weight is 186 g/mol. The maximum Gasteiger partial charge on any atom is 0.344 e. The van der Waals surface area contributed by atoms with E-state index in [0.717, 1.165) is 5.96 Å². The number of guanidine groups is 1. The zero-order valence-corrected chi connectivity index (χ0v) is 9.73. The highest BCUT2D eigenvalue weighted by Crippen LogP contribution is 1.77. The molecule has 0 saturated carbocycles. The van der Waals surface area contributed by atoms with Gasteiger partial charge in [0.2, 0.25) is 0 Å². The monoisotopic (exact) mass is 186 g/mol. The van der Waals surface area contributed by atoms with Crippen LogP contribution < -0.4 is 15.6 Å². The summed E-state index contributed by atoms with van der Waals surface area (Å²) >= 11 is 0. The summed E-state index contributed by atoms with van der Waals surface area (Å²) in [6.45, 7) is 12.8. The molecule has 3 heteroatoms. The molecule has 0 bridgehead atoms. The summed E-state index contributed by atoms with van der Waals surface area (Å²) in [4.78, 5) is 3.34. The van der Waals surface area contributed by atoms with Crippen molar-refractivity contribution in [2.24, 2.45) is 0 Å². The molecule has 0 aliphatic rings. The van der Waals surface area contributed by atoms with Gasteiger partial charge in [-0.1, -0.05) is 0 Å². The van der Waals surface area contributed by atoms with Crippen LogP contribution in [-0.2, 0) is 0 Å². The van der Waals surface area contributed by atoms with Crippen molar-refractivity contribution in [2.75, 3.05) is 0 Å². The Labute approximate surface area is 82.0 Å². The molecule has 0 aliphatic heterocycles. The van der Waals surface area contributed by atoms with Crippen LogP contribution in [0.25, 0.3) is 0 Å². The zero-order chi connectivity index (χ0) is 10.4. The summed E-state index contributed by atoms with van der Waals surface area (Å²) < 4.78 is 0. The van der Waals surface area contributed by atoms with Crippen LogP contribution in [0.4, 0.5) is 0 Å². The van der Waals surface area contributed by atoms with Crippen LogP contribution in [-0.4, -0.2) is 24.1 Å². The predicted octanol–water partition coefficient (Wildman–Crippen LogP) is -0.173. The fourth-order valence-corrected chi connectivity index (χ4v) is 0.991. The molecule has 3 N–H and O–H groups in total. The van der Waals surface area contributed by atoms with Gasteiger partial charge in [-0.25, -0.2) is 0 Å². The Balaban J connectivity index is 4.19. The molecule has 0 fully saturated rings. The van der Waals surface area contributed by atoms with Gasteiger partial charge in [0.05, 0.1) is 18.1 Å². The number of nitrogens with one attached hydrogen (secondary N) is 3. The van der Waals surface area contributed by atoms with Gasteiger partial charge in [-0.2, -0.15) is 0 Å². The van der Waals surface area contributed by atoms with Gasteiger partial charge in [0.15, 0.2) is 0 Å². The second-order valence-electron chi connectivity index (χ2n) is 4.27. The Kier molecular flexibility index (Phi) is 5.51. The molecule has 13 heavy (non-hydrogen) atoms. The molecule has 0 radical (unpaired) electrons. The van der Waals surface area contributed by atoms with Crippen LogP contribution in [0.3, 0.4) is 0 Å². The highest BCUT2D eigenvalue weighted by Gasteiger charge is 2.10. The SMILES string of the molecule is CC(C)NC(NC(C)C)=[NH+]C(C)C. The molecule has 0 rings (SSSR count). The standard InChI is InChI=1S/C10H23N3/c1-7(2)11-10(12-8(3)4)13-9(5)6/h7-9H,1-6H3,(H2,11,12,13)/p+1. The van der Waals surface area contributed by atoms with Crippen molar-refractivity contribution in [1.82, 2.24) is 10.6 Å². The lowest BCUT2D eigenvalue weighted by Gasteiger charge is -2.11. The summed E-state index contributed by atoms with van der Waals surface area (Å²) in [6, 6.07) is 1.35. The van der Waals surface area contributed by atoms with Crippen molar-refractivity contribution in [1.29, 1.82) is 0 Å². The highest BCUT2D eigenvalue weighted by molar-refractivity contribution is 5.74. The first-order valence-electron chi connectivity index (χ1n) is 5.08. The summed E-state index contributed by atoms with van der Waals surface area (Å²) in [6.07, 6.45) is 0. The molecular formula is C10H24N3+. The number of hydrogen-bond acceptors (Lipinski definition) is 0. The van der Waals surface area contributed by atoms with Gasteiger partial charge >= 0.3 is 5.96 Å². The van der Waals surface area contributed by atoms with Gasteiger partial charge in [-0.05, 0) is 41.5 Å². The minimum atomic E-state index is 0.451. The van der Waals surface area contributed by atoms with E-state index in [0.29, 0.717) is 18.1 Å². The lowest BCUT2D eigenvalue weighted by Crippen LogP contribution is -2.84.